The van der Waals surface area contributed by atoms with Crippen LogP contribution in [0.25, 0.3) is 11.1 Å². The molecule has 0 bridgehead atoms. The third kappa shape index (κ3) is 5.82. The fourth-order valence-corrected chi connectivity index (χ4v) is 5.00. The van der Waals surface area contributed by atoms with Crippen molar-refractivity contribution in [1.82, 2.24) is 5.32 Å². The maximum Gasteiger partial charge on any atom is 0.407 e. The molecule has 0 aromatic heterocycles. The van der Waals surface area contributed by atoms with Gasteiger partial charge in [0.25, 0.3) is 0 Å². The van der Waals surface area contributed by atoms with Gasteiger partial charge in [-0.05, 0) is 69.5 Å². The van der Waals surface area contributed by atoms with Crippen molar-refractivity contribution in [2.24, 2.45) is 0 Å². The molecule has 1 aliphatic carbocycles. The van der Waals surface area contributed by atoms with Gasteiger partial charge in [-0.3, -0.25) is 4.79 Å². The number of halogens is 1. The van der Waals surface area contributed by atoms with E-state index in [2.05, 4.69) is 34.9 Å². The summed E-state index contributed by atoms with van der Waals surface area (Å²) in [5.74, 6) is -1.43. The Morgan fingerprint density at radius 1 is 1.00 bits per heavy atom. The van der Waals surface area contributed by atoms with Gasteiger partial charge in [0.15, 0.2) is 0 Å². The molecule has 3 N–H and O–H groups in total. The molecule has 1 atom stereocenters. The summed E-state index contributed by atoms with van der Waals surface area (Å²) in [5, 5.41) is 14.7. The molecule has 0 spiro atoms. The van der Waals surface area contributed by atoms with Crippen LogP contribution in [-0.4, -0.2) is 35.7 Å². The van der Waals surface area contributed by atoms with E-state index in [0.29, 0.717) is 15.7 Å². The van der Waals surface area contributed by atoms with Crippen LogP contribution in [0, 0.1) is 3.57 Å². The number of hydrogen-bond acceptors (Lipinski definition) is 4. The lowest BCUT2D eigenvalue weighted by Gasteiger charge is -2.19. The van der Waals surface area contributed by atoms with Gasteiger partial charge < -0.3 is 20.5 Å². The molecular formula is C27H25IN2O5. The fourth-order valence-electron chi connectivity index (χ4n) is 4.33. The maximum absolute atomic E-state index is 12.6. The van der Waals surface area contributed by atoms with Gasteiger partial charge in [0, 0.05) is 27.6 Å². The normalized spacial score (nSPS) is 12.9. The SMILES string of the molecule is CC[C@H](CC(=O)Nc1cc(I)cc(C(=O)O)c1)NC(=O)OCC1c2ccccc2-c2ccccc21. The summed E-state index contributed by atoms with van der Waals surface area (Å²) in [6.07, 6.45) is -0.00672. The van der Waals surface area contributed by atoms with E-state index in [9.17, 15) is 19.5 Å². The molecule has 0 fully saturated rings. The molecule has 3 aromatic carbocycles. The predicted molar refractivity (Wildman–Crippen MR) is 142 cm³/mol. The summed E-state index contributed by atoms with van der Waals surface area (Å²) in [4.78, 5) is 36.4. The highest BCUT2D eigenvalue weighted by Crippen LogP contribution is 2.44. The van der Waals surface area contributed by atoms with Crippen LogP contribution in [0.2, 0.25) is 0 Å². The summed E-state index contributed by atoms with van der Waals surface area (Å²) in [5.41, 5.74) is 5.06. The molecule has 3 aromatic rings. The molecule has 0 aliphatic heterocycles. The molecule has 7 nitrogen and oxygen atoms in total. The Morgan fingerprint density at radius 2 is 1.63 bits per heavy atom. The van der Waals surface area contributed by atoms with E-state index < -0.39 is 18.1 Å². The number of fused-ring (bicyclic) bond motifs is 3. The minimum absolute atomic E-state index is 0.0363. The van der Waals surface area contributed by atoms with E-state index in [1.807, 2.05) is 53.8 Å². The van der Waals surface area contributed by atoms with Crippen LogP contribution in [-0.2, 0) is 9.53 Å². The zero-order valence-corrected chi connectivity index (χ0v) is 21.2. The van der Waals surface area contributed by atoms with E-state index in [4.69, 9.17) is 4.74 Å². The third-order valence-corrected chi connectivity index (χ3v) is 6.64. The average Bonchev–Trinajstić information content (AvgIpc) is 3.15. The van der Waals surface area contributed by atoms with Crippen LogP contribution in [0.3, 0.4) is 0 Å². The average molecular weight is 584 g/mol. The number of carbonyl (C=O) groups is 3. The predicted octanol–water partition coefficient (Wildman–Crippen LogP) is 5.64. The molecule has 2 amide bonds. The van der Waals surface area contributed by atoms with E-state index in [1.165, 1.54) is 12.1 Å². The Bertz CT molecular complexity index is 1230. The topological polar surface area (TPSA) is 105 Å². The second kappa shape index (κ2) is 10.9. The van der Waals surface area contributed by atoms with Crippen LogP contribution in [0.1, 0.15) is 47.2 Å². The molecule has 0 heterocycles. The van der Waals surface area contributed by atoms with Crippen molar-refractivity contribution in [3.63, 3.8) is 0 Å². The quantitative estimate of drug-likeness (QED) is 0.298. The number of carbonyl (C=O) groups excluding carboxylic acids is 2. The van der Waals surface area contributed by atoms with E-state index >= 15 is 0 Å². The van der Waals surface area contributed by atoms with Crippen LogP contribution < -0.4 is 10.6 Å². The lowest BCUT2D eigenvalue weighted by molar-refractivity contribution is -0.116. The van der Waals surface area contributed by atoms with Gasteiger partial charge in [-0.2, -0.15) is 0 Å². The highest BCUT2D eigenvalue weighted by atomic mass is 127. The number of rotatable bonds is 8. The second-order valence-electron chi connectivity index (χ2n) is 8.36. The number of carboxylic acids is 1. The number of anilines is 1. The van der Waals surface area contributed by atoms with Crippen LogP contribution in [0.5, 0.6) is 0 Å². The Morgan fingerprint density at radius 3 is 2.23 bits per heavy atom. The third-order valence-electron chi connectivity index (χ3n) is 6.02. The minimum atomic E-state index is -1.07. The van der Waals surface area contributed by atoms with Crippen LogP contribution >= 0.6 is 22.6 Å². The number of aromatic carboxylic acids is 1. The zero-order chi connectivity index (χ0) is 24.9. The van der Waals surface area contributed by atoms with Crippen molar-refractivity contribution in [3.8, 4) is 11.1 Å². The smallest absolute Gasteiger partial charge is 0.407 e. The number of hydrogen-bond donors (Lipinski definition) is 3. The van der Waals surface area contributed by atoms with Crippen molar-refractivity contribution < 1.29 is 24.2 Å². The van der Waals surface area contributed by atoms with Crippen molar-refractivity contribution >= 4 is 46.2 Å². The van der Waals surface area contributed by atoms with E-state index in [1.54, 1.807) is 6.07 Å². The molecule has 0 saturated heterocycles. The summed E-state index contributed by atoms with van der Waals surface area (Å²) < 4.78 is 6.28. The van der Waals surface area contributed by atoms with Crippen molar-refractivity contribution in [1.29, 1.82) is 0 Å². The first kappa shape index (κ1) is 24.7. The van der Waals surface area contributed by atoms with Crippen LogP contribution in [0.4, 0.5) is 10.5 Å². The molecule has 0 radical (unpaired) electrons. The summed E-state index contributed by atoms with van der Waals surface area (Å²) in [6.45, 7) is 2.07. The number of nitrogens with one attached hydrogen (secondary N) is 2. The number of amides is 2. The summed E-state index contributed by atoms with van der Waals surface area (Å²) in [7, 11) is 0. The monoisotopic (exact) mass is 584 g/mol. The molecule has 8 heteroatoms. The first-order chi connectivity index (χ1) is 16.9. The highest BCUT2D eigenvalue weighted by Gasteiger charge is 2.29. The molecule has 180 valence electrons. The second-order valence-corrected chi connectivity index (χ2v) is 9.61. The molecular weight excluding hydrogens is 559 g/mol. The maximum atomic E-state index is 12.6. The Hall–Kier alpha value is -3.40. The molecule has 4 rings (SSSR count). The van der Waals surface area contributed by atoms with Gasteiger partial charge in [0.05, 0.1) is 5.56 Å². The van der Waals surface area contributed by atoms with Crippen molar-refractivity contribution in [2.75, 3.05) is 11.9 Å². The van der Waals surface area contributed by atoms with Gasteiger partial charge in [0.2, 0.25) is 5.91 Å². The van der Waals surface area contributed by atoms with E-state index in [-0.39, 0.29) is 30.4 Å². The highest BCUT2D eigenvalue weighted by molar-refractivity contribution is 14.1. The Kier molecular flexibility index (Phi) is 7.70. The zero-order valence-electron chi connectivity index (χ0n) is 19.1. The largest absolute Gasteiger partial charge is 0.478 e. The summed E-state index contributed by atoms with van der Waals surface area (Å²) in [6, 6.07) is 20.4. The van der Waals surface area contributed by atoms with Gasteiger partial charge in [-0.15, -0.1) is 0 Å². The number of ether oxygens (including phenoxy) is 1. The minimum Gasteiger partial charge on any atom is -0.478 e. The number of benzene rings is 3. The van der Waals surface area contributed by atoms with Crippen LogP contribution in [0.15, 0.2) is 66.7 Å². The van der Waals surface area contributed by atoms with Crippen molar-refractivity contribution in [2.45, 2.75) is 31.7 Å². The first-order valence-corrected chi connectivity index (χ1v) is 12.4. The molecule has 0 unspecified atom stereocenters. The standard InChI is InChI=1S/C27H25IN2O5/c1-2-18(14-25(31)29-19-12-16(26(32)33)11-17(28)13-19)30-27(34)35-15-24-22-9-5-3-7-20(22)21-8-4-6-10-23(21)24/h3-13,18,24H,2,14-15H2,1H3,(H,29,31)(H,30,34)(H,32,33)/t18-/m1/s1. The Labute approximate surface area is 217 Å². The molecule has 1 aliphatic rings. The van der Waals surface area contributed by atoms with Gasteiger partial charge >= 0.3 is 12.1 Å². The van der Waals surface area contributed by atoms with Gasteiger partial charge in [-0.1, -0.05) is 55.5 Å². The van der Waals surface area contributed by atoms with Gasteiger partial charge in [-0.25, -0.2) is 9.59 Å². The number of carboxylic acid groups (broad SMARTS) is 1. The fraction of sp³-hybridized carbons (Fsp3) is 0.222. The van der Waals surface area contributed by atoms with Gasteiger partial charge in [0.1, 0.15) is 6.61 Å². The number of alkyl carbamates (subject to hydrolysis) is 1. The summed E-state index contributed by atoms with van der Waals surface area (Å²) >= 11 is 2.00. The molecule has 35 heavy (non-hydrogen) atoms. The van der Waals surface area contributed by atoms with Crippen molar-refractivity contribution in [3.05, 3.63) is 87.0 Å². The lowest BCUT2D eigenvalue weighted by atomic mass is 9.98. The lowest BCUT2D eigenvalue weighted by Crippen LogP contribution is -2.38. The Balaban J connectivity index is 1.34. The van der Waals surface area contributed by atoms with E-state index in [0.717, 1.165) is 22.3 Å². The molecule has 0 saturated carbocycles. The first-order valence-electron chi connectivity index (χ1n) is 11.3.